The van der Waals surface area contributed by atoms with Crippen molar-refractivity contribution >= 4 is 23.3 Å². The number of fused-ring (bicyclic) bond motifs is 2. The molecule has 49 heavy (non-hydrogen) atoms. The topological polar surface area (TPSA) is 88.5 Å². The summed E-state index contributed by atoms with van der Waals surface area (Å²) in [5.74, 6) is 0.564. The maximum Gasteiger partial charge on any atom is 0.573 e. The zero-order valence-corrected chi connectivity index (χ0v) is 28.2. The highest BCUT2D eigenvalue weighted by Gasteiger charge is 2.41. The van der Waals surface area contributed by atoms with Crippen LogP contribution in [0, 0.1) is 12.8 Å². The summed E-state index contributed by atoms with van der Waals surface area (Å²) in [7, 11) is 0. The van der Waals surface area contributed by atoms with Crippen molar-refractivity contribution in [3.63, 3.8) is 0 Å². The molecule has 2 bridgehead atoms. The summed E-state index contributed by atoms with van der Waals surface area (Å²) >= 11 is 0. The smallest absolute Gasteiger partial charge is 0.406 e. The van der Waals surface area contributed by atoms with Crippen LogP contribution in [0.4, 0.5) is 29.5 Å². The molecule has 2 fully saturated rings. The van der Waals surface area contributed by atoms with Crippen LogP contribution in [0.1, 0.15) is 73.6 Å². The van der Waals surface area contributed by atoms with Crippen molar-refractivity contribution in [3.05, 3.63) is 101 Å². The summed E-state index contributed by atoms with van der Waals surface area (Å²) in [6.45, 7) is 8.53. The van der Waals surface area contributed by atoms with E-state index in [1.54, 1.807) is 4.68 Å². The van der Waals surface area contributed by atoms with Gasteiger partial charge in [0.05, 0.1) is 17.9 Å². The van der Waals surface area contributed by atoms with E-state index in [4.69, 9.17) is 5.10 Å². The Morgan fingerprint density at radius 3 is 2.20 bits per heavy atom. The molecule has 2 aliphatic heterocycles. The van der Waals surface area contributed by atoms with Gasteiger partial charge in [0.25, 0.3) is 0 Å². The van der Waals surface area contributed by atoms with Gasteiger partial charge in [-0.25, -0.2) is 9.48 Å². The minimum atomic E-state index is -4.77. The number of carbonyl (C=O) groups excluding carboxylic acids is 2. The van der Waals surface area contributed by atoms with Crippen LogP contribution in [-0.2, 0) is 11.8 Å². The molecule has 3 heterocycles. The second-order valence-electron chi connectivity index (χ2n) is 14.3. The van der Waals surface area contributed by atoms with Crippen molar-refractivity contribution in [2.75, 3.05) is 17.2 Å². The third-order valence-corrected chi connectivity index (χ3v) is 9.43. The number of benzene rings is 3. The SMILES string of the molecule is Cc1ccc(-n2nc(C(C)(C)C)cc2NC(=O)Nc2cccc(CC3CC4CCC(C3)N4CC(=O)c3ccc(OC(F)(F)F)cc3)c2)cc1. The third kappa shape index (κ3) is 8.51. The molecule has 1 aromatic heterocycles. The molecule has 2 amide bonds. The number of nitrogens with one attached hydrogen (secondary N) is 2. The van der Waals surface area contributed by atoms with E-state index < -0.39 is 6.36 Å². The Labute approximate surface area is 284 Å². The quantitative estimate of drug-likeness (QED) is 0.174. The molecule has 11 heteroatoms. The van der Waals surface area contributed by atoms with E-state index in [0.29, 0.717) is 23.0 Å². The van der Waals surface area contributed by atoms with E-state index >= 15 is 0 Å². The lowest BCUT2D eigenvalue weighted by atomic mass is 9.85. The summed E-state index contributed by atoms with van der Waals surface area (Å²) in [4.78, 5) is 28.5. The second kappa shape index (κ2) is 13.7. The average molecular weight is 674 g/mol. The maximum atomic E-state index is 13.2. The molecule has 0 aliphatic carbocycles. The zero-order chi connectivity index (χ0) is 34.9. The summed E-state index contributed by atoms with van der Waals surface area (Å²) in [6, 6.07) is 23.2. The number of piperidine rings is 1. The number of hydrogen-bond donors (Lipinski definition) is 2. The molecule has 0 radical (unpaired) electrons. The highest BCUT2D eigenvalue weighted by atomic mass is 19.4. The minimum absolute atomic E-state index is 0.109. The van der Waals surface area contributed by atoms with Gasteiger partial charge in [-0.05, 0) is 99.0 Å². The number of ether oxygens (including phenoxy) is 1. The Kier molecular flexibility index (Phi) is 9.57. The Bertz CT molecular complexity index is 1780. The molecule has 6 rings (SSSR count). The molecule has 3 aromatic carbocycles. The van der Waals surface area contributed by atoms with Gasteiger partial charge in [0.2, 0.25) is 0 Å². The van der Waals surface area contributed by atoms with E-state index in [2.05, 4.69) is 47.1 Å². The number of ketones is 1. The number of urea groups is 1. The van der Waals surface area contributed by atoms with Crippen molar-refractivity contribution in [1.29, 1.82) is 0 Å². The third-order valence-electron chi connectivity index (χ3n) is 9.43. The van der Waals surface area contributed by atoms with Crippen molar-refractivity contribution in [2.45, 2.75) is 83.7 Å². The summed E-state index contributed by atoms with van der Waals surface area (Å²) in [6.07, 6.45) is 0.0434. The van der Waals surface area contributed by atoms with Gasteiger partial charge < -0.3 is 10.1 Å². The standard InChI is InChI=1S/C38H42F3N5O3/c1-24-8-12-29(13-9-24)46-35(22-34(44-46)37(2,3)4)43-36(48)42-28-7-5-6-25(19-28)18-26-20-30-14-15-31(21-26)45(30)23-33(47)27-10-16-32(17-11-27)49-38(39,40)41/h5-13,16-17,19,22,26,30-31H,14-15,18,20-21,23H2,1-4H3,(H2,42,43,48). The van der Waals surface area contributed by atoms with Crippen molar-refractivity contribution in [3.8, 4) is 11.4 Å². The average Bonchev–Trinajstić information content (AvgIpc) is 3.54. The number of halogens is 3. The Morgan fingerprint density at radius 2 is 1.57 bits per heavy atom. The molecule has 2 saturated heterocycles. The lowest BCUT2D eigenvalue weighted by Gasteiger charge is -2.38. The molecule has 8 nitrogen and oxygen atoms in total. The van der Waals surface area contributed by atoms with Crippen LogP contribution < -0.4 is 15.4 Å². The maximum absolute atomic E-state index is 13.2. The molecule has 4 aromatic rings. The first-order valence-corrected chi connectivity index (χ1v) is 16.7. The number of Topliss-reactive ketones (excluding diaryl/α,β-unsaturated/α-hetero) is 1. The van der Waals surface area contributed by atoms with Crippen LogP contribution >= 0.6 is 0 Å². The van der Waals surface area contributed by atoms with Gasteiger partial charge in [-0.2, -0.15) is 5.10 Å². The largest absolute Gasteiger partial charge is 0.573 e. The number of hydrogen-bond acceptors (Lipinski definition) is 5. The molecular formula is C38H42F3N5O3. The van der Waals surface area contributed by atoms with E-state index in [1.165, 1.54) is 24.3 Å². The summed E-state index contributed by atoms with van der Waals surface area (Å²) < 4.78 is 43.2. The molecule has 0 spiro atoms. The first-order chi connectivity index (χ1) is 23.2. The van der Waals surface area contributed by atoms with Gasteiger partial charge in [-0.3, -0.25) is 15.0 Å². The summed E-state index contributed by atoms with van der Waals surface area (Å²) in [5, 5.41) is 10.8. The Balaban J connectivity index is 1.05. The lowest BCUT2D eigenvalue weighted by molar-refractivity contribution is -0.274. The van der Waals surface area contributed by atoms with E-state index in [0.717, 1.165) is 54.6 Å². The first-order valence-electron chi connectivity index (χ1n) is 16.7. The van der Waals surface area contributed by atoms with Gasteiger partial charge in [-0.1, -0.05) is 50.6 Å². The molecule has 2 N–H and O–H groups in total. The van der Waals surface area contributed by atoms with E-state index in [1.807, 2.05) is 55.5 Å². The van der Waals surface area contributed by atoms with E-state index in [9.17, 15) is 22.8 Å². The summed E-state index contributed by atoms with van der Waals surface area (Å²) in [5.41, 5.74) is 4.86. The second-order valence-corrected chi connectivity index (χ2v) is 14.3. The monoisotopic (exact) mass is 673 g/mol. The van der Waals surface area contributed by atoms with Crippen molar-refractivity contribution in [1.82, 2.24) is 14.7 Å². The van der Waals surface area contributed by atoms with E-state index in [-0.39, 0.29) is 41.6 Å². The van der Waals surface area contributed by atoms with Gasteiger partial charge in [-0.15, -0.1) is 13.2 Å². The number of anilines is 2. The van der Waals surface area contributed by atoms with Crippen LogP contribution in [0.15, 0.2) is 78.9 Å². The predicted octanol–water partition coefficient (Wildman–Crippen LogP) is 8.69. The van der Waals surface area contributed by atoms with Crippen LogP contribution in [-0.4, -0.2) is 51.5 Å². The van der Waals surface area contributed by atoms with Gasteiger partial charge in [0.1, 0.15) is 11.6 Å². The van der Waals surface area contributed by atoms with Crippen LogP contribution in [0.5, 0.6) is 5.75 Å². The predicted molar refractivity (Wildman–Crippen MR) is 183 cm³/mol. The fraction of sp³-hybridized carbons (Fsp3) is 0.395. The Hall–Kier alpha value is -4.64. The van der Waals surface area contributed by atoms with Crippen LogP contribution in [0.3, 0.4) is 0 Å². The fourth-order valence-corrected chi connectivity index (χ4v) is 7.02. The van der Waals surface area contributed by atoms with Gasteiger partial charge >= 0.3 is 12.4 Å². The zero-order valence-electron chi connectivity index (χ0n) is 28.2. The minimum Gasteiger partial charge on any atom is -0.406 e. The van der Waals surface area contributed by atoms with Crippen molar-refractivity contribution in [2.24, 2.45) is 5.92 Å². The van der Waals surface area contributed by atoms with Crippen LogP contribution in [0.25, 0.3) is 5.69 Å². The number of carbonyl (C=O) groups is 2. The highest BCUT2D eigenvalue weighted by molar-refractivity contribution is 5.99. The van der Waals surface area contributed by atoms with Gasteiger partial charge in [0, 0.05) is 34.8 Å². The molecule has 2 unspecified atom stereocenters. The van der Waals surface area contributed by atoms with Crippen LogP contribution in [0.2, 0.25) is 0 Å². The molecule has 258 valence electrons. The molecule has 2 atom stereocenters. The Morgan fingerprint density at radius 1 is 0.898 bits per heavy atom. The molecular weight excluding hydrogens is 631 g/mol. The number of aryl methyl sites for hydroxylation is 1. The number of alkyl halides is 3. The number of aromatic nitrogens is 2. The molecule has 0 saturated carbocycles. The lowest BCUT2D eigenvalue weighted by Crippen LogP contribution is -2.45. The normalized spacial score (nSPS) is 19.4. The van der Waals surface area contributed by atoms with Gasteiger partial charge in [0.15, 0.2) is 5.78 Å². The highest BCUT2D eigenvalue weighted by Crippen LogP contribution is 2.40. The fourth-order valence-electron chi connectivity index (χ4n) is 7.02. The molecule has 2 aliphatic rings. The number of amides is 2. The van der Waals surface area contributed by atoms with Crippen molar-refractivity contribution < 1.29 is 27.5 Å². The number of nitrogens with zero attached hydrogens (tertiary/aromatic N) is 3. The number of rotatable bonds is 9. The first kappa shape index (κ1) is 34.2.